The van der Waals surface area contributed by atoms with Crippen molar-refractivity contribution in [3.8, 4) is 0 Å². The maximum absolute atomic E-state index is 12.1. The molecule has 2 heterocycles. The van der Waals surface area contributed by atoms with Crippen LogP contribution in [0.15, 0.2) is 0 Å². The Labute approximate surface area is 118 Å². The maximum atomic E-state index is 12.1. The molecule has 0 bridgehead atoms. The van der Waals surface area contributed by atoms with Crippen LogP contribution in [-0.2, 0) is 29.4 Å². The van der Waals surface area contributed by atoms with Crippen LogP contribution in [0.4, 0.5) is 5.82 Å². The van der Waals surface area contributed by atoms with Gasteiger partial charge in [-0.3, -0.25) is 9.48 Å². The smallest absolute Gasteiger partial charge is 0.255 e. The summed E-state index contributed by atoms with van der Waals surface area (Å²) in [5.41, 5.74) is 2.31. The van der Waals surface area contributed by atoms with Crippen molar-refractivity contribution < 1.29 is 9.53 Å². The van der Waals surface area contributed by atoms with Gasteiger partial charge in [0.25, 0.3) is 5.91 Å². The summed E-state index contributed by atoms with van der Waals surface area (Å²) in [6.07, 6.45) is 2.75. The number of amides is 1. The number of morpholine rings is 1. The zero-order chi connectivity index (χ0) is 12.5. The van der Waals surface area contributed by atoms with Crippen molar-refractivity contribution in [2.75, 3.05) is 25.0 Å². The van der Waals surface area contributed by atoms with Gasteiger partial charge in [-0.05, 0) is 19.3 Å². The van der Waals surface area contributed by atoms with Crippen LogP contribution in [-0.4, -0.2) is 41.5 Å². The van der Waals surface area contributed by atoms with Gasteiger partial charge in [-0.1, -0.05) is 0 Å². The zero-order valence-corrected chi connectivity index (χ0v) is 11.8. The highest BCUT2D eigenvalue weighted by atomic mass is 35.5. The lowest BCUT2D eigenvalue weighted by Gasteiger charge is -2.22. The number of carbonyl (C=O) groups is 1. The van der Waals surface area contributed by atoms with Crippen LogP contribution in [0.3, 0.4) is 0 Å². The van der Waals surface area contributed by atoms with Crippen LogP contribution >= 0.6 is 12.4 Å². The molecular weight excluding hydrogens is 268 g/mol. The summed E-state index contributed by atoms with van der Waals surface area (Å²) < 4.78 is 7.21. The fourth-order valence-corrected chi connectivity index (χ4v) is 2.61. The molecule has 1 aliphatic heterocycles. The van der Waals surface area contributed by atoms with Crippen molar-refractivity contribution in [2.24, 2.45) is 7.05 Å². The number of fused-ring (bicyclic) bond motifs is 1. The van der Waals surface area contributed by atoms with E-state index in [0.717, 1.165) is 37.3 Å². The van der Waals surface area contributed by atoms with Gasteiger partial charge in [0, 0.05) is 25.7 Å². The van der Waals surface area contributed by atoms with E-state index in [1.807, 2.05) is 7.05 Å². The number of carbonyl (C=O) groups excluding carboxylic acids is 1. The number of ether oxygens (including phenoxy) is 1. The van der Waals surface area contributed by atoms with E-state index in [1.165, 1.54) is 5.56 Å². The first-order chi connectivity index (χ1) is 8.75. The Morgan fingerprint density at radius 3 is 3.11 bits per heavy atom. The average Bonchev–Trinajstić information content (AvgIpc) is 2.94. The standard InChI is InChI=1S/C12H18N4O2.ClH/c1-16-11(8-3-2-4-9(8)15-16)14-12(17)10-7-13-5-6-18-10;/h10,13H,2-7H2,1H3,(H,14,17);1H. The predicted molar refractivity (Wildman–Crippen MR) is 73.7 cm³/mol. The van der Waals surface area contributed by atoms with Crippen molar-refractivity contribution >= 4 is 24.1 Å². The second kappa shape index (κ2) is 5.90. The minimum Gasteiger partial charge on any atom is -0.366 e. The molecule has 2 N–H and O–H groups in total. The number of aryl methyl sites for hydroxylation is 2. The van der Waals surface area contributed by atoms with Crippen molar-refractivity contribution in [1.82, 2.24) is 15.1 Å². The summed E-state index contributed by atoms with van der Waals surface area (Å²) in [4.78, 5) is 12.1. The van der Waals surface area contributed by atoms with E-state index < -0.39 is 6.10 Å². The third-order valence-electron chi connectivity index (χ3n) is 3.53. The van der Waals surface area contributed by atoms with Gasteiger partial charge in [0.1, 0.15) is 11.9 Å². The molecule has 1 aromatic rings. The lowest BCUT2D eigenvalue weighted by atomic mass is 10.2. The SMILES string of the molecule is Cl.Cn1nc2c(c1NC(=O)C1CNCCO1)CCC2. The monoisotopic (exact) mass is 286 g/mol. The van der Waals surface area contributed by atoms with Gasteiger partial charge in [-0.2, -0.15) is 5.10 Å². The van der Waals surface area contributed by atoms with Crippen LogP contribution in [0.5, 0.6) is 0 Å². The van der Waals surface area contributed by atoms with E-state index in [0.29, 0.717) is 13.2 Å². The molecule has 3 rings (SSSR count). The maximum Gasteiger partial charge on any atom is 0.255 e. The van der Waals surface area contributed by atoms with Crippen LogP contribution in [0.1, 0.15) is 17.7 Å². The quantitative estimate of drug-likeness (QED) is 0.818. The first-order valence-electron chi connectivity index (χ1n) is 6.43. The van der Waals surface area contributed by atoms with Gasteiger partial charge in [-0.15, -0.1) is 12.4 Å². The molecule has 1 amide bonds. The van der Waals surface area contributed by atoms with Crippen molar-refractivity contribution in [2.45, 2.75) is 25.4 Å². The molecule has 1 aromatic heterocycles. The lowest BCUT2D eigenvalue weighted by molar-refractivity contribution is -0.128. The topological polar surface area (TPSA) is 68.2 Å². The molecule has 0 aromatic carbocycles. The fraction of sp³-hybridized carbons (Fsp3) is 0.667. The van der Waals surface area contributed by atoms with Crippen LogP contribution in [0, 0.1) is 0 Å². The van der Waals surface area contributed by atoms with Crippen LogP contribution in [0.2, 0.25) is 0 Å². The first kappa shape index (κ1) is 14.3. The van der Waals surface area contributed by atoms with Crippen LogP contribution < -0.4 is 10.6 Å². The molecule has 0 radical (unpaired) electrons. The Morgan fingerprint density at radius 2 is 2.37 bits per heavy atom. The van der Waals surface area contributed by atoms with Gasteiger partial charge in [0.15, 0.2) is 0 Å². The molecule has 7 heteroatoms. The number of halogens is 1. The number of anilines is 1. The van der Waals surface area contributed by atoms with Gasteiger partial charge < -0.3 is 15.4 Å². The Kier molecular flexibility index (Phi) is 4.44. The number of rotatable bonds is 2. The highest BCUT2D eigenvalue weighted by Gasteiger charge is 2.26. The third-order valence-corrected chi connectivity index (χ3v) is 3.53. The summed E-state index contributed by atoms with van der Waals surface area (Å²) in [6.45, 7) is 1.97. The normalized spacial score (nSPS) is 21.6. The average molecular weight is 287 g/mol. The highest BCUT2D eigenvalue weighted by molar-refractivity contribution is 5.94. The summed E-state index contributed by atoms with van der Waals surface area (Å²) in [7, 11) is 1.87. The van der Waals surface area contributed by atoms with Crippen LogP contribution in [0.25, 0.3) is 0 Å². The number of nitrogens with one attached hydrogen (secondary N) is 2. The van der Waals surface area contributed by atoms with E-state index >= 15 is 0 Å². The second-order valence-electron chi connectivity index (χ2n) is 4.80. The molecule has 106 valence electrons. The second-order valence-corrected chi connectivity index (χ2v) is 4.80. The lowest BCUT2D eigenvalue weighted by Crippen LogP contribution is -2.45. The Balaban J connectivity index is 0.00000133. The summed E-state index contributed by atoms with van der Waals surface area (Å²) in [5, 5.41) is 10.5. The molecule has 1 atom stereocenters. The Morgan fingerprint density at radius 1 is 1.53 bits per heavy atom. The molecule has 1 aliphatic carbocycles. The minimum absolute atomic E-state index is 0. The number of hydrogen-bond donors (Lipinski definition) is 2. The van der Waals surface area contributed by atoms with Crippen molar-refractivity contribution in [3.05, 3.63) is 11.3 Å². The van der Waals surface area contributed by atoms with E-state index in [4.69, 9.17) is 4.74 Å². The molecule has 19 heavy (non-hydrogen) atoms. The Bertz CT molecular complexity index is 469. The van der Waals surface area contributed by atoms with E-state index in [1.54, 1.807) is 4.68 Å². The number of hydrogen-bond acceptors (Lipinski definition) is 4. The molecule has 1 unspecified atom stereocenters. The predicted octanol–water partition coefficient (Wildman–Crippen LogP) is 0.257. The minimum atomic E-state index is -0.397. The third kappa shape index (κ3) is 2.75. The number of aromatic nitrogens is 2. The van der Waals surface area contributed by atoms with Gasteiger partial charge in [0.05, 0.1) is 12.3 Å². The largest absolute Gasteiger partial charge is 0.366 e. The van der Waals surface area contributed by atoms with Crippen molar-refractivity contribution in [3.63, 3.8) is 0 Å². The zero-order valence-electron chi connectivity index (χ0n) is 10.9. The summed E-state index contributed by atoms with van der Waals surface area (Å²) >= 11 is 0. The Hall–Kier alpha value is -1.11. The van der Waals surface area contributed by atoms with E-state index in [2.05, 4.69) is 15.7 Å². The molecule has 0 spiro atoms. The first-order valence-corrected chi connectivity index (χ1v) is 6.43. The molecule has 6 nitrogen and oxygen atoms in total. The van der Waals surface area contributed by atoms with E-state index in [-0.39, 0.29) is 18.3 Å². The highest BCUT2D eigenvalue weighted by Crippen LogP contribution is 2.28. The van der Waals surface area contributed by atoms with Gasteiger partial charge in [0.2, 0.25) is 0 Å². The fourth-order valence-electron chi connectivity index (χ4n) is 2.61. The van der Waals surface area contributed by atoms with Gasteiger partial charge in [-0.25, -0.2) is 0 Å². The summed E-state index contributed by atoms with van der Waals surface area (Å²) in [6, 6.07) is 0. The summed E-state index contributed by atoms with van der Waals surface area (Å²) in [5.74, 6) is 0.751. The van der Waals surface area contributed by atoms with E-state index in [9.17, 15) is 4.79 Å². The molecule has 2 aliphatic rings. The molecule has 0 saturated carbocycles. The van der Waals surface area contributed by atoms with Gasteiger partial charge >= 0.3 is 0 Å². The molecule has 1 saturated heterocycles. The molecule has 1 fully saturated rings. The van der Waals surface area contributed by atoms with Crippen molar-refractivity contribution in [1.29, 1.82) is 0 Å². The number of nitrogens with zero attached hydrogens (tertiary/aromatic N) is 2. The molecular formula is C12H19ClN4O2.